The van der Waals surface area contributed by atoms with Crippen molar-refractivity contribution in [1.29, 1.82) is 0 Å². The number of aryl methyl sites for hydroxylation is 1. The van der Waals surface area contributed by atoms with Crippen LogP contribution in [-0.4, -0.2) is 20.1 Å². The number of amides is 1. The number of anilines is 1. The lowest BCUT2D eigenvalue weighted by atomic mass is 10.1. The van der Waals surface area contributed by atoms with Gasteiger partial charge in [-0.2, -0.15) is 0 Å². The highest BCUT2D eigenvalue weighted by Gasteiger charge is 2.13. The summed E-state index contributed by atoms with van der Waals surface area (Å²) in [6, 6.07) is 6.28. The first-order valence-corrected chi connectivity index (χ1v) is 6.45. The zero-order valence-electron chi connectivity index (χ0n) is 12.4. The Morgan fingerprint density at radius 2 is 1.64 bits per heavy atom. The number of benzene rings is 2. The Hall–Kier alpha value is -2.63. The van der Waals surface area contributed by atoms with Crippen molar-refractivity contribution >= 4 is 11.6 Å². The van der Waals surface area contributed by atoms with E-state index in [1.54, 1.807) is 19.1 Å². The van der Waals surface area contributed by atoms with E-state index in [0.29, 0.717) is 17.2 Å². The lowest BCUT2D eigenvalue weighted by Crippen LogP contribution is -2.13. The molecule has 2 rings (SSSR count). The van der Waals surface area contributed by atoms with Crippen LogP contribution in [0.3, 0.4) is 0 Å². The van der Waals surface area contributed by atoms with Crippen LogP contribution in [-0.2, 0) is 0 Å². The van der Waals surface area contributed by atoms with Gasteiger partial charge < -0.3 is 14.8 Å². The summed E-state index contributed by atoms with van der Waals surface area (Å²) in [5.41, 5.74) is 1.26. The zero-order chi connectivity index (χ0) is 16.3. The number of carbonyl (C=O) groups excluding carboxylic acids is 1. The molecular formula is C16H15F2NO3. The SMILES string of the molecule is COc1cc(C)c(NC(=O)c2ccc(F)c(F)c2)cc1OC. The molecule has 4 nitrogen and oxygen atoms in total. The number of hydrogen-bond acceptors (Lipinski definition) is 3. The molecule has 0 aromatic heterocycles. The van der Waals surface area contributed by atoms with Gasteiger partial charge in [0.2, 0.25) is 0 Å². The Morgan fingerprint density at radius 3 is 2.23 bits per heavy atom. The van der Waals surface area contributed by atoms with E-state index in [-0.39, 0.29) is 5.56 Å². The third kappa shape index (κ3) is 3.16. The second-order valence-electron chi connectivity index (χ2n) is 4.61. The maximum atomic E-state index is 13.2. The smallest absolute Gasteiger partial charge is 0.255 e. The first kappa shape index (κ1) is 15.8. The van der Waals surface area contributed by atoms with E-state index < -0.39 is 17.5 Å². The van der Waals surface area contributed by atoms with E-state index in [1.807, 2.05) is 0 Å². The van der Waals surface area contributed by atoms with Crippen molar-refractivity contribution in [3.8, 4) is 11.5 Å². The lowest BCUT2D eigenvalue weighted by Gasteiger charge is -2.13. The molecule has 0 spiro atoms. The van der Waals surface area contributed by atoms with Crippen molar-refractivity contribution in [2.75, 3.05) is 19.5 Å². The van der Waals surface area contributed by atoms with Gasteiger partial charge in [-0.3, -0.25) is 4.79 Å². The molecule has 0 aliphatic rings. The molecule has 1 N–H and O–H groups in total. The average molecular weight is 307 g/mol. The molecule has 2 aromatic rings. The van der Waals surface area contributed by atoms with Gasteiger partial charge in [0.15, 0.2) is 23.1 Å². The number of carbonyl (C=O) groups is 1. The molecule has 22 heavy (non-hydrogen) atoms. The maximum Gasteiger partial charge on any atom is 0.255 e. The molecule has 0 atom stereocenters. The van der Waals surface area contributed by atoms with Gasteiger partial charge in [0, 0.05) is 17.3 Å². The first-order chi connectivity index (χ1) is 10.5. The van der Waals surface area contributed by atoms with Crippen LogP contribution in [0.4, 0.5) is 14.5 Å². The second-order valence-corrected chi connectivity index (χ2v) is 4.61. The summed E-state index contributed by atoms with van der Waals surface area (Å²) in [5, 5.41) is 2.64. The van der Waals surface area contributed by atoms with E-state index in [1.165, 1.54) is 20.3 Å². The summed E-state index contributed by atoms with van der Waals surface area (Å²) >= 11 is 0. The Morgan fingerprint density at radius 1 is 1.00 bits per heavy atom. The van der Waals surface area contributed by atoms with E-state index in [9.17, 15) is 13.6 Å². The molecule has 2 aromatic carbocycles. The molecule has 0 unspecified atom stereocenters. The van der Waals surface area contributed by atoms with Crippen LogP contribution >= 0.6 is 0 Å². The van der Waals surface area contributed by atoms with Crippen LogP contribution in [0.1, 0.15) is 15.9 Å². The molecule has 0 aliphatic heterocycles. The fourth-order valence-corrected chi connectivity index (χ4v) is 1.95. The van der Waals surface area contributed by atoms with Crippen molar-refractivity contribution in [3.63, 3.8) is 0 Å². The molecule has 0 saturated heterocycles. The van der Waals surface area contributed by atoms with Gasteiger partial charge in [-0.1, -0.05) is 0 Å². The van der Waals surface area contributed by atoms with Crippen molar-refractivity contribution < 1.29 is 23.0 Å². The highest BCUT2D eigenvalue weighted by molar-refractivity contribution is 6.04. The minimum Gasteiger partial charge on any atom is -0.493 e. The molecule has 0 fully saturated rings. The molecule has 0 saturated carbocycles. The third-order valence-corrected chi connectivity index (χ3v) is 3.16. The van der Waals surface area contributed by atoms with Crippen LogP contribution in [0.2, 0.25) is 0 Å². The van der Waals surface area contributed by atoms with Gasteiger partial charge >= 0.3 is 0 Å². The van der Waals surface area contributed by atoms with E-state index >= 15 is 0 Å². The summed E-state index contributed by atoms with van der Waals surface area (Å²) in [6.07, 6.45) is 0. The van der Waals surface area contributed by atoms with Crippen LogP contribution in [0.25, 0.3) is 0 Å². The molecule has 6 heteroatoms. The van der Waals surface area contributed by atoms with Crippen molar-refractivity contribution in [3.05, 3.63) is 53.1 Å². The van der Waals surface area contributed by atoms with E-state index in [4.69, 9.17) is 9.47 Å². The van der Waals surface area contributed by atoms with Gasteiger partial charge in [0.25, 0.3) is 5.91 Å². The van der Waals surface area contributed by atoms with Crippen LogP contribution < -0.4 is 14.8 Å². The number of hydrogen-bond donors (Lipinski definition) is 1. The topological polar surface area (TPSA) is 47.6 Å². The third-order valence-electron chi connectivity index (χ3n) is 3.16. The largest absolute Gasteiger partial charge is 0.493 e. The van der Waals surface area contributed by atoms with Crippen molar-refractivity contribution in [2.45, 2.75) is 6.92 Å². The van der Waals surface area contributed by atoms with Gasteiger partial charge in [0.05, 0.1) is 14.2 Å². The number of methoxy groups -OCH3 is 2. The van der Waals surface area contributed by atoms with Crippen LogP contribution in [0, 0.1) is 18.6 Å². The monoisotopic (exact) mass is 307 g/mol. The first-order valence-electron chi connectivity index (χ1n) is 6.45. The van der Waals surface area contributed by atoms with Gasteiger partial charge in [-0.25, -0.2) is 8.78 Å². The molecule has 0 heterocycles. The predicted molar refractivity (Wildman–Crippen MR) is 78.6 cm³/mol. The number of rotatable bonds is 4. The standard InChI is InChI=1S/C16H15F2NO3/c1-9-6-14(21-2)15(22-3)8-13(9)19-16(20)10-4-5-11(17)12(18)7-10/h4-8H,1-3H3,(H,19,20). The molecule has 1 amide bonds. The molecule has 0 bridgehead atoms. The Balaban J connectivity index is 2.29. The maximum absolute atomic E-state index is 13.2. The van der Waals surface area contributed by atoms with Crippen molar-refractivity contribution in [2.24, 2.45) is 0 Å². The van der Waals surface area contributed by atoms with Crippen LogP contribution in [0.5, 0.6) is 11.5 Å². The van der Waals surface area contributed by atoms with E-state index in [2.05, 4.69) is 5.32 Å². The molecule has 116 valence electrons. The molecule has 0 aliphatic carbocycles. The number of halogens is 2. The summed E-state index contributed by atoms with van der Waals surface area (Å²) in [6.45, 7) is 1.78. The quantitative estimate of drug-likeness (QED) is 0.940. The molecular weight excluding hydrogens is 292 g/mol. The van der Waals surface area contributed by atoms with Gasteiger partial charge in [-0.15, -0.1) is 0 Å². The minimum absolute atomic E-state index is 0.0214. The van der Waals surface area contributed by atoms with E-state index in [0.717, 1.165) is 17.7 Å². The highest BCUT2D eigenvalue weighted by Crippen LogP contribution is 2.33. The average Bonchev–Trinajstić information content (AvgIpc) is 2.51. The summed E-state index contributed by atoms with van der Waals surface area (Å²) < 4.78 is 36.4. The normalized spacial score (nSPS) is 10.2. The highest BCUT2D eigenvalue weighted by atomic mass is 19.2. The van der Waals surface area contributed by atoms with Crippen molar-refractivity contribution in [1.82, 2.24) is 0 Å². The van der Waals surface area contributed by atoms with Gasteiger partial charge in [-0.05, 0) is 36.8 Å². The number of nitrogens with one attached hydrogen (secondary N) is 1. The fraction of sp³-hybridized carbons (Fsp3) is 0.188. The molecule has 0 radical (unpaired) electrons. The zero-order valence-corrected chi connectivity index (χ0v) is 12.4. The Kier molecular flexibility index (Phi) is 4.60. The summed E-state index contributed by atoms with van der Waals surface area (Å²) in [7, 11) is 2.99. The number of ether oxygens (including phenoxy) is 2. The predicted octanol–water partition coefficient (Wildman–Crippen LogP) is 3.54. The summed E-state index contributed by atoms with van der Waals surface area (Å²) in [5.74, 6) is -1.63. The fourth-order valence-electron chi connectivity index (χ4n) is 1.95. The Bertz CT molecular complexity index is 717. The van der Waals surface area contributed by atoms with Crippen LogP contribution in [0.15, 0.2) is 30.3 Å². The minimum atomic E-state index is -1.07. The lowest BCUT2D eigenvalue weighted by molar-refractivity contribution is 0.102. The Labute approximate surface area is 126 Å². The summed E-state index contributed by atoms with van der Waals surface area (Å²) in [4.78, 5) is 12.1. The van der Waals surface area contributed by atoms with Gasteiger partial charge in [0.1, 0.15) is 0 Å². The second kappa shape index (κ2) is 6.43.